The highest BCUT2D eigenvalue weighted by molar-refractivity contribution is 5.82. The maximum atomic E-state index is 12.9. The summed E-state index contributed by atoms with van der Waals surface area (Å²) in [5.41, 5.74) is 0.753. The summed E-state index contributed by atoms with van der Waals surface area (Å²) in [6, 6.07) is 6.10. The maximum Gasteiger partial charge on any atom is 0.322 e. The molecule has 1 aromatic carbocycles. The lowest BCUT2D eigenvalue weighted by atomic mass is 10.2. The molecule has 0 unspecified atom stereocenters. The molecule has 0 aliphatic heterocycles. The maximum absolute atomic E-state index is 12.9. The van der Waals surface area contributed by atoms with Gasteiger partial charge in [0.1, 0.15) is 12.4 Å². The number of nitrogens with zero attached hydrogens (tertiary/aromatic N) is 1. The van der Waals surface area contributed by atoms with Crippen molar-refractivity contribution < 1.29 is 19.1 Å². The molecular formula is C12H15FN2O3. The lowest BCUT2D eigenvalue weighted by Gasteiger charge is -2.15. The van der Waals surface area contributed by atoms with E-state index in [-0.39, 0.29) is 18.3 Å². The highest BCUT2D eigenvalue weighted by Crippen LogP contribution is 2.05. The Kier molecular flexibility index (Phi) is 5.26. The molecule has 0 radical (unpaired) electrons. The number of benzene rings is 1. The van der Waals surface area contributed by atoms with E-state index >= 15 is 0 Å². The molecule has 5 nitrogen and oxygen atoms in total. The molecule has 98 valence electrons. The summed E-state index contributed by atoms with van der Waals surface area (Å²) in [5.74, 6) is -1.79. The third-order valence-electron chi connectivity index (χ3n) is 2.19. The van der Waals surface area contributed by atoms with Gasteiger partial charge in [0.15, 0.2) is 0 Å². The van der Waals surface area contributed by atoms with Crippen molar-refractivity contribution in [1.82, 2.24) is 10.2 Å². The van der Waals surface area contributed by atoms with Gasteiger partial charge < -0.3 is 10.4 Å². The minimum atomic E-state index is -1.09. The van der Waals surface area contributed by atoms with Crippen molar-refractivity contribution in [3.8, 4) is 0 Å². The van der Waals surface area contributed by atoms with E-state index in [4.69, 9.17) is 5.11 Å². The molecule has 0 saturated carbocycles. The Labute approximate surface area is 104 Å². The third kappa shape index (κ3) is 5.40. The van der Waals surface area contributed by atoms with Crippen LogP contribution < -0.4 is 5.32 Å². The Morgan fingerprint density at radius 2 is 2.17 bits per heavy atom. The fraction of sp³-hybridized carbons (Fsp3) is 0.333. The quantitative estimate of drug-likeness (QED) is 0.773. The molecular weight excluding hydrogens is 239 g/mol. The van der Waals surface area contributed by atoms with E-state index in [1.165, 1.54) is 12.1 Å². The highest BCUT2D eigenvalue weighted by atomic mass is 19.1. The number of hydrogen-bond donors (Lipinski definition) is 2. The molecule has 0 spiro atoms. The number of carboxylic acids is 1. The van der Waals surface area contributed by atoms with E-state index in [2.05, 4.69) is 5.32 Å². The van der Waals surface area contributed by atoms with Gasteiger partial charge in [-0.05, 0) is 24.7 Å². The fourth-order valence-corrected chi connectivity index (χ4v) is 1.48. The van der Waals surface area contributed by atoms with Crippen LogP contribution in [0.15, 0.2) is 24.3 Å². The summed E-state index contributed by atoms with van der Waals surface area (Å²) in [6.07, 6.45) is 0. The topological polar surface area (TPSA) is 69.6 Å². The molecule has 0 aliphatic rings. The summed E-state index contributed by atoms with van der Waals surface area (Å²) < 4.78 is 12.9. The SMILES string of the molecule is CN(CC(=O)NCC(=O)O)Cc1cccc(F)c1. The zero-order valence-electron chi connectivity index (χ0n) is 10.0. The fourth-order valence-electron chi connectivity index (χ4n) is 1.48. The molecule has 0 atom stereocenters. The molecule has 0 aliphatic carbocycles. The second kappa shape index (κ2) is 6.70. The predicted octanol–water partition coefficient (Wildman–Crippen LogP) is 0.458. The zero-order chi connectivity index (χ0) is 13.5. The van der Waals surface area contributed by atoms with Gasteiger partial charge >= 0.3 is 5.97 Å². The Morgan fingerprint density at radius 1 is 1.44 bits per heavy atom. The number of hydrogen-bond acceptors (Lipinski definition) is 3. The number of amides is 1. The van der Waals surface area contributed by atoms with Crippen LogP contribution in [0.5, 0.6) is 0 Å². The van der Waals surface area contributed by atoms with Crippen LogP contribution in [0.2, 0.25) is 0 Å². The standard InChI is InChI=1S/C12H15FN2O3/c1-15(8-11(16)14-6-12(17)18)7-9-3-2-4-10(13)5-9/h2-5H,6-8H2,1H3,(H,14,16)(H,17,18). The third-order valence-corrected chi connectivity index (χ3v) is 2.19. The van der Waals surface area contributed by atoms with E-state index in [1.807, 2.05) is 0 Å². The molecule has 1 aromatic rings. The molecule has 0 aromatic heterocycles. The second-order valence-electron chi connectivity index (χ2n) is 3.97. The Morgan fingerprint density at radius 3 is 2.78 bits per heavy atom. The van der Waals surface area contributed by atoms with Crippen LogP contribution in [0.25, 0.3) is 0 Å². The van der Waals surface area contributed by atoms with E-state index in [0.717, 1.165) is 5.56 Å². The van der Waals surface area contributed by atoms with Crippen molar-refractivity contribution in [1.29, 1.82) is 0 Å². The largest absolute Gasteiger partial charge is 0.480 e. The number of carbonyl (C=O) groups excluding carboxylic acids is 1. The van der Waals surface area contributed by atoms with Crippen LogP contribution in [-0.2, 0) is 16.1 Å². The van der Waals surface area contributed by atoms with Gasteiger partial charge in [0, 0.05) is 6.54 Å². The summed E-state index contributed by atoms with van der Waals surface area (Å²) in [7, 11) is 1.70. The van der Waals surface area contributed by atoms with Crippen molar-refractivity contribution in [2.45, 2.75) is 6.54 Å². The Balaban J connectivity index is 2.39. The number of carboxylic acid groups (broad SMARTS) is 1. The number of carbonyl (C=O) groups is 2. The van der Waals surface area contributed by atoms with Crippen LogP contribution in [0.3, 0.4) is 0 Å². The van der Waals surface area contributed by atoms with Gasteiger partial charge in [0.2, 0.25) is 5.91 Å². The Hall–Kier alpha value is -1.95. The molecule has 0 fully saturated rings. The smallest absolute Gasteiger partial charge is 0.322 e. The van der Waals surface area contributed by atoms with Crippen molar-refractivity contribution in [2.24, 2.45) is 0 Å². The number of halogens is 1. The first-order chi connectivity index (χ1) is 8.47. The second-order valence-corrected chi connectivity index (χ2v) is 3.97. The number of rotatable bonds is 6. The van der Waals surface area contributed by atoms with E-state index in [1.54, 1.807) is 24.1 Å². The van der Waals surface area contributed by atoms with Crippen molar-refractivity contribution >= 4 is 11.9 Å². The van der Waals surface area contributed by atoms with Gasteiger partial charge in [0.25, 0.3) is 0 Å². The van der Waals surface area contributed by atoms with Crippen LogP contribution in [0.4, 0.5) is 4.39 Å². The molecule has 0 heterocycles. The lowest BCUT2D eigenvalue weighted by molar-refractivity contribution is -0.138. The molecule has 18 heavy (non-hydrogen) atoms. The van der Waals surface area contributed by atoms with Crippen LogP contribution in [-0.4, -0.2) is 42.0 Å². The average Bonchev–Trinajstić information content (AvgIpc) is 2.26. The number of likely N-dealkylation sites (N-methyl/N-ethyl adjacent to an activating group) is 1. The van der Waals surface area contributed by atoms with Gasteiger partial charge in [-0.1, -0.05) is 12.1 Å². The molecule has 1 amide bonds. The average molecular weight is 254 g/mol. The van der Waals surface area contributed by atoms with Gasteiger partial charge in [-0.15, -0.1) is 0 Å². The van der Waals surface area contributed by atoms with E-state index in [0.29, 0.717) is 6.54 Å². The molecule has 2 N–H and O–H groups in total. The van der Waals surface area contributed by atoms with Gasteiger partial charge in [0.05, 0.1) is 6.54 Å². The molecule has 6 heteroatoms. The summed E-state index contributed by atoms with van der Waals surface area (Å²) in [6.45, 7) is 0.0781. The summed E-state index contributed by atoms with van der Waals surface area (Å²) in [5, 5.41) is 10.6. The van der Waals surface area contributed by atoms with Gasteiger partial charge in [-0.25, -0.2) is 4.39 Å². The first kappa shape index (κ1) is 14.1. The van der Waals surface area contributed by atoms with Crippen molar-refractivity contribution in [3.05, 3.63) is 35.6 Å². The first-order valence-electron chi connectivity index (χ1n) is 5.39. The normalized spacial score (nSPS) is 10.4. The number of aliphatic carboxylic acids is 1. The van der Waals surface area contributed by atoms with Gasteiger partial charge in [-0.2, -0.15) is 0 Å². The molecule has 0 bridgehead atoms. The zero-order valence-corrected chi connectivity index (χ0v) is 10.0. The monoisotopic (exact) mass is 254 g/mol. The van der Waals surface area contributed by atoms with Crippen LogP contribution in [0, 0.1) is 5.82 Å². The van der Waals surface area contributed by atoms with Gasteiger partial charge in [-0.3, -0.25) is 14.5 Å². The summed E-state index contributed by atoms with van der Waals surface area (Å²) in [4.78, 5) is 23.2. The van der Waals surface area contributed by atoms with Crippen molar-refractivity contribution in [3.63, 3.8) is 0 Å². The van der Waals surface area contributed by atoms with Crippen LogP contribution in [0.1, 0.15) is 5.56 Å². The minimum Gasteiger partial charge on any atom is -0.480 e. The van der Waals surface area contributed by atoms with Crippen molar-refractivity contribution in [2.75, 3.05) is 20.1 Å². The molecule has 1 rings (SSSR count). The number of nitrogens with one attached hydrogen (secondary N) is 1. The minimum absolute atomic E-state index is 0.0593. The molecule has 0 saturated heterocycles. The summed E-state index contributed by atoms with van der Waals surface area (Å²) >= 11 is 0. The lowest BCUT2D eigenvalue weighted by Crippen LogP contribution is -2.37. The predicted molar refractivity (Wildman–Crippen MR) is 63.4 cm³/mol. The van der Waals surface area contributed by atoms with E-state index < -0.39 is 12.5 Å². The van der Waals surface area contributed by atoms with E-state index in [9.17, 15) is 14.0 Å². The van der Waals surface area contributed by atoms with Crippen LogP contribution >= 0.6 is 0 Å². The first-order valence-corrected chi connectivity index (χ1v) is 5.39. The Bertz CT molecular complexity index is 437. The highest BCUT2D eigenvalue weighted by Gasteiger charge is 2.08.